The molecule has 3 nitrogen and oxygen atoms in total. The first-order valence-electron chi connectivity index (χ1n) is 5.44. The van der Waals surface area contributed by atoms with Crippen molar-refractivity contribution >= 4 is 33.8 Å². The third kappa shape index (κ3) is 1.38. The van der Waals surface area contributed by atoms with Crippen LogP contribution in [0.25, 0.3) is 10.2 Å². The van der Waals surface area contributed by atoms with Crippen LogP contribution in [0.4, 0.5) is 0 Å². The molecule has 1 atom stereocenters. The minimum atomic E-state index is -0.0370. The van der Waals surface area contributed by atoms with Crippen molar-refractivity contribution in [2.24, 2.45) is 0 Å². The van der Waals surface area contributed by atoms with Crippen LogP contribution in [0.3, 0.4) is 0 Å². The largest absolute Gasteiger partial charge is 0.323 e. The summed E-state index contributed by atoms with van der Waals surface area (Å²) >= 11 is 6.68. The highest BCUT2D eigenvalue weighted by molar-refractivity contribution is 7.71. The summed E-state index contributed by atoms with van der Waals surface area (Å²) in [5, 5.41) is 0.834. The van der Waals surface area contributed by atoms with E-state index in [4.69, 9.17) is 12.2 Å². The molecule has 2 heterocycles. The van der Waals surface area contributed by atoms with E-state index in [1.54, 1.807) is 11.3 Å². The summed E-state index contributed by atoms with van der Waals surface area (Å²) in [6.07, 6.45) is 3.49. The Morgan fingerprint density at radius 2 is 2.25 bits per heavy atom. The zero-order valence-corrected chi connectivity index (χ0v) is 10.6. The van der Waals surface area contributed by atoms with Crippen LogP contribution in [-0.4, -0.2) is 9.97 Å². The summed E-state index contributed by atoms with van der Waals surface area (Å²) in [5.74, 6) is 0.489. The highest BCUT2D eigenvalue weighted by atomic mass is 32.1. The molecule has 0 saturated heterocycles. The summed E-state index contributed by atoms with van der Waals surface area (Å²) in [6.45, 7) is 2.20. The Bertz CT molecular complexity index is 665. The first-order valence-corrected chi connectivity index (χ1v) is 6.67. The van der Waals surface area contributed by atoms with Gasteiger partial charge in [-0.2, -0.15) is 0 Å². The number of rotatable bonds is 0. The molecule has 1 unspecified atom stereocenters. The normalized spacial score (nSPS) is 19.9. The van der Waals surface area contributed by atoms with E-state index in [2.05, 4.69) is 16.9 Å². The van der Waals surface area contributed by atoms with E-state index in [0.717, 1.165) is 16.6 Å². The van der Waals surface area contributed by atoms with Gasteiger partial charge in [0.25, 0.3) is 5.56 Å². The fourth-order valence-corrected chi connectivity index (χ4v) is 4.15. The Morgan fingerprint density at radius 1 is 1.44 bits per heavy atom. The zero-order valence-electron chi connectivity index (χ0n) is 8.92. The lowest BCUT2D eigenvalue weighted by Crippen LogP contribution is -2.11. The van der Waals surface area contributed by atoms with E-state index in [1.165, 1.54) is 23.3 Å². The quantitative estimate of drug-likeness (QED) is 0.708. The van der Waals surface area contributed by atoms with E-state index in [1.807, 2.05) is 0 Å². The zero-order chi connectivity index (χ0) is 11.3. The lowest BCUT2D eigenvalue weighted by molar-refractivity contribution is 0.601. The molecule has 5 heteroatoms. The predicted octanol–water partition coefficient (Wildman–Crippen LogP) is 3.09. The Balaban J connectivity index is 2.47. The van der Waals surface area contributed by atoms with Gasteiger partial charge in [0.15, 0.2) is 4.77 Å². The van der Waals surface area contributed by atoms with Gasteiger partial charge in [-0.1, -0.05) is 6.92 Å². The molecule has 1 aliphatic carbocycles. The van der Waals surface area contributed by atoms with Gasteiger partial charge in [-0.05, 0) is 43.0 Å². The lowest BCUT2D eigenvalue weighted by Gasteiger charge is -2.18. The van der Waals surface area contributed by atoms with Crippen LogP contribution in [0.5, 0.6) is 0 Å². The summed E-state index contributed by atoms with van der Waals surface area (Å²) in [7, 11) is 0. The lowest BCUT2D eigenvalue weighted by atomic mass is 9.88. The first kappa shape index (κ1) is 10.2. The molecule has 3 rings (SSSR count). The van der Waals surface area contributed by atoms with Crippen molar-refractivity contribution in [3.63, 3.8) is 0 Å². The molecule has 0 aromatic carbocycles. The van der Waals surface area contributed by atoms with E-state index >= 15 is 0 Å². The van der Waals surface area contributed by atoms with Crippen molar-refractivity contribution in [1.82, 2.24) is 9.97 Å². The van der Waals surface area contributed by atoms with Gasteiger partial charge in [0, 0.05) is 4.88 Å². The van der Waals surface area contributed by atoms with Gasteiger partial charge in [0.2, 0.25) is 0 Å². The van der Waals surface area contributed by atoms with E-state index in [0.29, 0.717) is 10.7 Å². The number of fused-ring (bicyclic) bond motifs is 3. The maximum Gasteiger partial charge on any atom is 0.260 e. The second kappa shape index (κ2) is 3.53. The molecule has 0 fully saturated rings. The van der Waals surface area contributed by atoms with Crippen molar-refractivity contribution < 1.29 is 0 Å². The number of nitrogens with one attached hydrogen (secondary N) is 2. The van der Waals surface area contributed by atoms with E-state index in [9.17, 15) is 4.79 Å². The minimum absolute atomic E-state index is 0.0370. The molecule has 1 aliphatic rings. The first-order chi connectivity index (χ1) is 7.66. The van der Waals surface area contributed by atoms with Crippen LogP contribution in [0, 0.1) is 4.77 Å². The molecule has 0 spiro atoms. The fraction of sp³-hybridized carbons (Fsp3) is 0.455. The average Bonchev–Trinajstić information content (AvgIpc) is 2.56. The molecular formula is C11H12N2OS2. The average molecular weight is 252 g/mol. The number of hydrogen-bond donors (Lipinski definition) is 2. The van der Waals surface area contributed by atoms with Crippen LogP contribution >= 0.6 is 23.6 Å². The monoisotopic (exact) mass is 252 g/mol. The molecule has 2 aromatic heterocycles. The topological polar surface area (TPSA) is 48.6 Å². The van der Waals surface area contributed by atoms with Crippen LogP contribution < -0.4 is 5.56 Å². The molecule has 0 radical (unpaired) electrons. The smallest absolute Gasteiger partial charge is 0.260 e. The van der Waals surface area contributed by atoms with Gasteiger partial charge in [0.1, 0.15) is 4.83 Å². The molecule has 0 amide bonds. The van der Waals surface area contributed by atoms with Crippen LogP contribution in [0.1, 0.15) is 36.1 Å². The highest BCUT2D eigenvalue weighted by Gasteiger charge is 2.23. The van der Waals surface area contributed by atoms with Crippen molar-refractivity contribution in [2.45, 2.75) is 32.1 Å². The fourth-order valence-electron chi connectivity index (χ4n) is 2.52. The summed E-state index contributed by atoms with van der Waals surface area (Å²) in [5.41, 5.74) is 1.21. The third-order valence-corrected chi connectivity index (χ3v) is 4.62. The Kier molecular flexibility index (Phi) is 2.26. The number of aromatic amines is 2. The van der Waals surface area contributed by atoms with Crippen LogP contribution in [0.2, 0.25) is 0 Å². The summed E-state index contributed by atoms with van der Waals surface area (Å²) in [4.78, 5) is 20.0. The van der Waals surface area contributed by atoms with Crippen molar-refractivity contribution in [2.75, 3.05) is 0 Å². The second-order valence-corrected chi connectivity index (χ2v) is 5.86. The third-order valence-electron chi connectivity index (χ3n) is 3.24. The SMILES string of the molecule is CC1CCCc2sc3[nH]c(=S)[nH]c(=O)c3c21. The number of hydrogen-bond acceptors (Lipinski definition) is 3. The van der Waals surface area contributed by atoms with Gasteiger partial charge in [-0.25, -0.2) is 0 Å². The molecule has 0 bridgehead atoms. The second-order valence-electron chi connectivity index (χ2n) is 4.34. The van der Waals surface area contributed by atoms with Gasteiger partial charge in [-0.15, -0.1) is 11.3 Å². The summed E-state index contributed by atoms with van der Waals surface area (Å²) in [6, 6.07) is 0. The van der Waals surface area contributed by atoms with Crippen LogP contribution in [0.15, 0.2) is 4.79 Å². The number of thiophene rings is 1. The summed E-state index contributed by atoms with van der Waals surface area (Å²) < 4.78 is 0.420. The predicted molar refractivity (Wildman–Crippen MR) is 69.0 cm³/mol. The van der Waals surface area contributed by atoms with E-state index < -0.39 is 0 Å². The van der Waals surface area contributed by atoms with E-state index in [-0.39, 0.29) is 5.56 Å². The van der Waals surface area contributed by atoms with Crippen molar-refractivity contribution in [3.05, 3.63) is 25.6 Å². The van der Waals surface area contributed by atoms with Gasteiger partial charge >= 0.3 is 0 Å². The number of H-pyrrole nitrogens is 2. The van der Waals surface area contributed by atoms with Crippen molar-refractivity contribution in [3.8, 4) is 0 Å². The molecule has 2 N–H and O–H groups in total. The van der Waals surface area contributed by atoms with Gasteiger partial charge in [-0.3, -0.25) is 9.78 Å². The van der Waals surface area contributed by atoms with Crippen molar-refractivity contribution in [1.29, 1.82) is 0 Å². The number of aryl methyl sites for hydroxylation is 1. The molecule has 0 saturated carbocycles. The molecule has 16 heavy (non-hydrogen) atoms. The molecular weight excluding hydrogens is 240 g/mol. The van der Waals surface area contributed by atoms with Gasteiger partial charge < -0.3 is 4.98 Å². The highest BCUT2D eigenvalue weighted by Crippen LogP contribution is 2.39. The Labute approximate surface area is 102 Å². The Morgan fingerprint density at radius 3 is 3.06 bits per heavy atom. The van der Waals surface area contributed by atoms with Crippen LogP contribution in [-0.2, 0) is 6.42 Å². The number of aromatic nitrogens is 2. The minimum Gasteiger partial charge on any atom is -0.323 e. The van der Waals surface area contributed by atoms with Gasteiger partial charge in [0.05, 0.1) is 5.39 Å². The standard InChI is InChI=1S/C11H12N2OS2/c1-5-3-2-4-6-7(5)8-9(14)12-11(15)13-10(8)16-6/h5H,2-4H2,1H3,(H2,12,13,14,15). The maximum absolute atomic E-state index is 11.9. The Hall–Kier alpha value is -0.940. The maximum atomic E-state index is 11.9. The molecule has 84 valence electrons. The molecule has 0 aliphatic heterocycles. The molecule has 2 aromatic rings.